The van der Waals surface area contributed by atoms with Crippen LogP contribution in [0.2, 0.25) is 0 Å². The second kappa shape index (κ2) is 14.8. The summed E-state index contributed by atoms with van der Waals surface area (Å²) >= 11 is 1.31. The van der Waals surface area contributed by atoms with E-state index in [1.54, 1.807) is 92.0 Å². The summed E-state index contributed by atoms with van der Waals surface area (Å²) < 4.78 is 21.9. The van der Waals surface area contributed by atoms with E-state index in [2.05, 4.69) is 16.0 Å². The summed E-state index contributed by atoms with van der Waals surface area (Å²) in [6, 6.07) is 26.1. The van der Waals surface area contributed by atoms with Gasteiger partial charge in [0, 0.05) is 39.5 Å². The summed E-state index contributed by atoms with van der Waals surface area (Å²) in [5.74, 6) is 1.23. The molecule has 3 N–H and O–H groups in total. The lowest BCUT2D eigenvalue weighted by molar-refractivity contribution is -0.114. The van der Waals surface area contributed by atoms with E-state index < -0.39 is 11.8 Å². The molecular weight excluding hydrogens is 594 g/mol. The zero-order valence-corrected chi connectivity index (χ0v) is 25.4. The van der Waals surface area contributed by atoms with E-state index in [1.165, 1.54) is 24.9 Å². The van der Waals surface area contributed by atoms with Crippen LogP contribution in [-0.4, -0.2) is 50.9 Å². The number of methoxy groups -OCH3 is 2. The Bertz CT molecular complexity index is 1730. The van der Waals surface area contributed by atoms with Crippen LogP contribution in [0.4, 0.5) is 11.4 Å². The van der Waals surface area contributed by atoms with E-state index in [0.717, 1.165) is 4.90 Å². The van der Waals surface area contributed by atoms with E-state index in [4.69, 9.17) is 18.9 Å². The van der Waals surface area contributed by atoms with Crippen LogP contribution in [-0.2, 0) is 9.59 Å². The second-order valence-electron chi connectivity index (χ2n) is 9.66. The largest absolute Gasteiger partial charge is 0.497 e. The van der Waals surface area contributed by atoms with Gasteiger partial charge in [0.2, 0.25) is 5.91 Å². The number of hydrogen-bond donors (Lipinski definition) is 3. The SMILES string of the molecule is COc1ccc(/C=C(/NC(=O)c2ccccc2)C(=O)Nc2cccc(SCC(=O)Nc3ccc4c(c3)OCCO4)c2)c(OC)c1. The first-order chi connectivity index (χ1) is 21.9. The Hall–Kier alpha value is -5.42. The summed E-state index contributed by atoms with van der Waals surface area (Å²) in [5.41, 5.74) is 2.05. The molecule has 0 bridgehead atoms. The van der Waals surface area contributed by atoms with E-state index in [-0.39, 0.29) is 17.4 Å². The normalized spacial score (nSPS) is 12.1. The minimum Gasteiger partial charge on any atom is -0.497 e. The number of hydrogen-bond acceptors (Lipinski definition) is 8. The molecule has 3 amide bonds. The van der Waals surface area contributed by atoms with Gasteiger partial charge in [0.1, 0.15) is 30.4 Å². The molecule has 5 rings (SSSR count). The third-order valence-electron chi connectivity index (χ3n) is 6.56. The molecule has 0 atom stereocenters. The summed E-state index contributed by atoms with van der Waals surface area (Å²) in [4.78, 5) is 40.0. The van der Waals surface area contributed by atoms with Crippen LogP contribution in [0.15, 0.2) is 102 Å². The van der Waals surface area contributed by atoms with Crippen molar-refractivity contribution in [1.29, 1.82) is 0 Å². The molecule has 0 saturated heterocycles. The Balaban J connectivity index is 1.28. The van der Waals surface area contributed by atoms with Crippen molar-refractivity contribution in [1.82, 2.24) is 5.32 Å². The maximum absolute atomic E-state index is 13.5. The maximum atomic E-state index is 13.5. The van der Waals surface area contributed by atoms with Crippen LogP contribution in [0.3, 0.4) is 0 Å². The Morgan fingerprint density at radius 2 is 1.58 bits per heavy atom. The predicted octanol–water partition coefficient (Wildman–Crippen LogP) is 5.62. The van der Waals surface area contributed by atoms with E-state index in [1.807, 2.05) is 6.07 Å². The average Bonchev–Trinajstić information content (AvgIpc) is 3.07. The number of thioether (sulfide) groups is 1. The highest BCUT2D eigenvalue weighted by Crippen LogP contribution is 2.33. The summed E-state index contributed by atoms with van der Waals surface area (Å²) in [6.07, 6.45) is 1.54. The number of ether oxygens (including phenoxy) is 4. The Labute approximate surface area is 264 Å². The molecule has 11 heteroatoms. The highest BCUT2D eigenvalue weighted by atomic mass is 32.2. The fourth-order valence-corrected chi connectivity index (χ4v) is 5.12. The van der Waals surface area contributed by atoms with Gasteiger partial charge in [-0.25, -0.2) is 0 Å². The third-order valence-corrected chi connectivity index (χ3v) is 7.55. The Kier molecular flexibility index (Phi) is 10.2. The zero-order valence-electron chi connectivity index (χ0n) is 24.6. The molecule has 0 radical (unpaired) electrons. The van der Waals surface area contributed by atoms with Gasteiger partial charge in [-0.3, -0.25) is 14.4 Å². The molecule has 10 nitrogen and oxygen atoms in total. The monoisotopic (exact) mass is 625 g/mol. The van der Waals surface area contributed by atoms with Crippen molar-refractivity contribution in [2.24, 2.45) is 0 Å². The molecule has 0 spiro atoms. The van der Waals surface area contributed by atoms with Crippen LogP contribution in [0.1, 0.15) is 15.9 Å². The number of anilines is 2. The topological polar surface area (TPSA) is 124 Å². The lowest BCUT2D eigenvalue weighted by atomic mass is 10.1. The number of rotatable bonds is 11. The maximum Gasteiger partial charge on any atom is 0.272 e. The van der Waals surface area contributed by atoms with Gasteiger partial charge in [0.15, 0.2) is 11.5 Å². The van der Waals surface area contributed by atoms with Crippen LogP contribution < -0.4 is 34.9 Å². The first-order valence-corrected chi connectivity index (χ1v) is 14.9. The van der Waals surface area contributed by atoms with Crippen molar-refractivity contribution in [3.63, 3.8) is 0 Å². The van der Waals surface area contributed by atoms with Gasteiger partial charge in [-0.2, -0.15) is 0 Å². The van der Waals surface area contributed by atoms with Crippen LogP contribution in [0.25, 0.3) is 6.08 Å². The van der Waals surface area contributed by atoms with Crippen molar-refractivity contribution in [3.8, 4) is 23.0 Å². The van der Waals surface area contributed by atoms with Gasteiger partial charge in [-0.05, 0) is 60.7 Å². The van der Waals surface area contributed by atoms with E-state index >= 15 is 0 Å². The summed E-state index contributed by atoms with van der Waals surface area (Å²) in [5, 5.41) is 8.44. The zero-order chi connectivity index (χ0) is 31.6. The Morgan fingerprint density at radius 1 is 0.800 bits per heavy atom. The van der Waals surface area contributed by atoms with Crippen LogP contribution in [0, 0.1) is 0 Å². The molecule has 1 heterocycles. The summed E-state index contributed by atoms with van der Waals surface area (Å²) in [7, 11) is 3.05. The molecule has 0 fully saturated rings. The molecule has 0 aliphatic carbocycles. The lowest BCUT2D eigenvalue weighted by Gasteiger charge is -2.19. The van der Waals surface area contributed by atoms with Gasteiger partial charge in [-0.1, -0.05) is 24.3 Å². The van der Waals surface area contributed by atoms with Crippen molar-refractivity contribution >= 4 is 46.9 Å². The molecular formula is C34H31N3O7S. The van der Waals surface area contributed by atoms with E-state index in [0.29, 0.717) is 58.7 Å². The smallest absolute Gasteiger partial charge is 0.272 e. The first kappa shape index (κ1) is 31.0. The van der Waals surface area contributed by atoms with Gasteiger partial charge in [0.05, 0.1) is 20.0 Å². The number of carbonyl (C=O) groups excluding carboxylic acids is 3. The predicted molar refractivity (Wildman–Crippen MR) is 173 cm³/mol. The quantitative estimate of drug-likeness (QED) is 0.145. The molecule has 1 aliphatic rings. The minimum atomic E-state index is -0.546. The number of carbonyl (C=O) groups is 3. The molecule has 4 aromatic carbocycles. The fourth-order valence-electron chi connectivity index (χ4n) is 4.36. The average molecular weight is 626 g/mol. The first-order valence-electron chi connectivity index (χ1n) is 14.0. The molecule has 45 heavy (non-hydrogen) atoms. The minimum absolute atomic E-state index is 0.00387. The molecule has 1 aliphatic heterocycles. The highest BCUT2D eigenvalue weighted by molar-refractivity contribution is 8.00. The van der Waals surface area contributed by atoms with Crippen molar-refractivity contribution in [3.05, 3.63) is 108 Å². The van der Waals surface area contributed by atoms with Crippen LogP contribution in [0.5, 0.6) is 23.0 Å². The van der Waals surface area contributed by atoms with Crippen molar-refractivity contribution in [2.75, 3.05) is 43.8 Å². The molecule has 0 aromatic heterocycles. The van der Waals surface area contributed by atoms with Crippen LogP contribution >= 0.6 is 11.8 Å². The second-order valence-corrected chi connectivity index (χ2v) is 10.7. The Morgan fingerprint density at radius 3 is 2.36 bits per heavy atom. The van der Waals surface area contributed by atoms with Gasteiger partial charge < -0.3 is 34.9 Å². The van der Waals surface area contributed by atoms with Crippen molar-refractivity contribution < 1.29 is 33.3 Å². The molecule has 0 unspecified atom stereocenters. The van der Waals surface area contributed by atoms with Gasteiger partial charge >= 0.3 is 0 Å². The van der Waals surface area contributed by atoms with E-state index in [9.17, 15) is 14.4 Å². The molecule has 230 valence electrons. The number of amides is 3. The van der Waals surface area contributed by atoms with Gasteiger partial charge in [0.25, 0.3) is 11.8 Å². The highest BCUT2D eigenvalue weighted by Gasteiger charge is 2.17. The number of nitrogens with one attached hydrogen (secondary N) is 3. The number of fused-ring (bicyclic) bond motifs is 1. The van der Waals surface area contributed by atoms with Gasteiger partial charge in [-0.15, -0.1) is 11.8 Å². The standard InChI is InChI=1S/C34H31N3O7S/c1-41-26-13-11-23(30(20-26)42-2)17-28(37-33(39)22-7-4-3-5-8-22)34(40)36-24-9-6-10-27(18-24)45-21-32(38)35-25-12-14-29-31(19-25)44-16-15-43-29/h3-14,17-20H,15-16,21H2,1-2H3,(H,35,38)(H,36,40)(H,37,39)/b28-17+. The lowest BCUT2D eigenvalue weighted by Crippen LogP contribution is -2.30. The molecule has 4 aromatic rings. The van der Waals surface area contributed by atoms with Crippen molar-refractivity contribution in [2.45, 2.75) is 4.90 Å². The fraction of sp³-hybridized carbons (Fsp3) is 0.147. The summed E-state index contributed by atoms with van der Waals surface area (Å²) in [6.45, 7) is 0.950. The third kappa shape index (κ3) is 8.36. The number of benzene rings is 4. The molecule has 0 saturated carbocycles.